The SMILES string of the molecule is CP(=O)(Nc1ccc2ccccc2c1)c1nc2c(s1)CCCC2. The molecule has 1 atom stereocenters. The molecule has 1 aromatic heterocycles. The third-order valence-electron chi connectivity index (χ3n) is 4.29. The van der Waals surface area contributed by atoms with Crippen molar-refractivity contribution >= 4 is 39.8 Å². The van der Waals surface area contributed by atoms with E-state index in [4.69, 9.17) is 0 Å². The van der Waals surface area contributed by atoms with Crippen LogP contribution in [-0.4, -0.2) is 11.6 Å². The summed E-state index contributed by atoms with van der Waals surface area (Å²) in [6.45, 7) is 1.78. The topological polar surface area (TPSA) is 42.0 Å². The molecule has 0 aliphatic heterocycles. The maximum Gasteiger partial charge on any atom is 0.223 e. The van der Waals surface area contributed by atoms with Crippen LogP contribution >= 0.6 is 18.6 Å². The van der Waals surface area contributed by atoms with Gasteiger partial charge in [-0.3, -0.25) is 4.57 Å². The fourth-order valence-corrected chi connectivity index (χ4v) is 6.17. The van der Waals surface area contributed by atoms with Gasteiger partial charge in [0.25, 0.3) is 0 Å². The highest BCUT2D eigenvalue weighted by Crippen LogP contribution is 2.43. The lowest BCUT2D eigenvalue weighted by Gasteiger charge is -2.14. The predicted molar refractivity (Wildman–Crippen MR) is 99.5 cm³/mol. The zero-order valence-electron chi connectivity index (χ0n) is 13.1. The quantitative estimate of drug-likeness (QED) is 0.694. The van der Waals surface area contributed by atoms with Crippen LogP contribution in [0.25, 0.3) is 10.8 Å². The van der Waals surface area contributed by atoms with Gasteiger partial charge in [0.15, 0.2) is 4.75 Å². The first-order valence-corrected chi connectivity index (χ1v) is 10.9. The fraction of sp³-hybridized carbons (Fsp3) is 0.278. The molecule has 0 radical (unpaired) electrons. The van der Waals surface area contributed by atoms with E-state index in [9.17, 15) is 4.57 Å². The smallest absolute Gasteiger partial charge is 0.223 e. The van der Waals surface area contributed by atoms with Crippen molar-refractivity contribution in [3.63, 3.8) is 0 Å². The van der Waals surface area contributed by atoms with Crippen LogP contribution in [-0.2, 0) is 17.4 Å². The molecule has 0 bridgehead atoms. The Bertz CT molecular complexity index is 895. The highest BCUT2D eigenvalue weighted by molar-refractivity contribution is 7.77. The molecule has 0 fully saturated rings. The maximum absolute atomic E-state index is 13.2. The number of aromatic nitrogens is 1. The average molecular weight is 342 g/mol. The highest BCUT2D eigenvalue weighted by atomic mass is 32.1. The molecule has 1 unspecified atom stereocenters. The van der Waals surface area contributed by atoms with E-state index in [-0.39, 0.29) is 0 Å². The minimum atomic E-state index is -2.69. The first-order chi connectivity index (χ1) is 11.1. The van der Waals surface area contributed by atoms with Gasteiger partial charge in [-0.05, 0) is 48.6 Å². The number of thiazole rings is 1. The monoisotopic (exact) mass is 342 g/mol. The van der Waals surface area contributed by atoms with Crippen LogP contribution in [0.2, 0.25) is 0 Å². The molecule has 5 heteroatoms. The van der Waals surface area contributed by atoms with Gasteiger partial charge >= 0.3 is 0 Å². The minimum Gasteiger partial charge on any atom is -0.331 e. The summed E-state index contributed by atoms with van der Waals surface area (Å²) in [5, 5.41) is 5.58. The van der Waals surface area contributed by atoms with Gasteiger partial charge < -0.3 is 5.09 Å². The average Bonchev–Trinajstić information content (AvgIpc) is 2.99. The van der Waals surface area contributed by atoms with Gasteiger partial charge in [0, 0.05) is 17.2 Å². The standard InChI is InChI=1S/C18H19N2OPS/c1-22(21,18-19-16-8-4-5-9-17(16)23-18)20-15-11-10-13-6-2-3-7-14(13)12-15/h2-3,6-7,10-12H,4-5,8-9H2,1H3,(H,20,21). The van der Waals surface area contributed by atoms with Crippen LogP contribution in [0.1, 0.15) is 23.4 Å². The number of benzene rings is 2. The Morgan fingerprint density at radius 2 is 1.87 bits per heavy atom. The second kappa shape index (κ2) is 5.77. The maximum atomic E-state index is 13.2. The van der Waals surface area contributed by atoms with E-state index in [0.717, 1.165) is 28.7 Å². The van der Waals surface area contributed by atoms with Gasteiger partial charge in [-0.1, -0.05) is 30.3 Å². The van der Waals surface area contributed by atoms with Crippen LogP contribution < -0.4 is 9.84 Å². The van der Waals surface area contributed by atoms with Gasteiger partial charge in [-0.2, -0.15) is 0 Å². The highest BCUT2D eigenvalue weighted by Gasteiger charge is 2.26. The number of hydrogen-bond donors (Lipinski definition) is 1. The molecule has 1 aliphatic carbocycles. The van der Waals surface area contributed by atoms with Crippen molar-refractivity contribution in [1.29, 1.82) is 0 Å². The van der Waals surface area contributed by atoms with Crippen molar-refractivity contribution in [3.05, 3.63) is 53.0 Å². The molecule has 118 valence electrons. The van der Waals surface area contributed by atoms with E-state index >= 15 is 0 Å². The Hall–Kier alpha value is -1.64. The van der Waals surface area contributed by atoms with E-state index in [2.05, 4.69) is 34.3 Å². The normalized spacial score (nSPS) is 16.7. The van der Waals surface area contributed by atoms with Crippen molar-refractivity contribution < 1.29 is 4.57 Å². The van der Waals surface area contributed by atoms with E-state index in [1.807, 2.05) is 18.2 Å². The first kappa shape index (κ1) is 14.9. The number of hydrogen-bond acceptors (Lipinski definition) is 3. The van der Waals surface area contributed by atoms with E-state index in [0.29, 0.717) is 0 Å². The van der Waals surface area contributed by atoms with Crippen molar-refractivity contribution in [2.75, 3.05) is 11.8 Å². The molecule has 0 saturated carbocycles. The zero-order valence-corrected chi connectivity index (χ0v) is 14.8. The lowest BCUT2D eigenvalue weighted by molar-refractivity contribution is 0.587. The summed E-state index contributed by atoms with van der Waals surface area (Å²) >= 11 is 1.63. The summed E-state index contributed by atoms with van der Waals surface area (Å²) in [5.41, 5.74) is 2.06. The van der Waals surface area contributed by atoms with Crippen molar-refractivity contribution in [2.45, 2.75) is 25.7 Å². The van der Waals surface area contributed by atoms with Gasteiger partial charge in [-0.15, -0.1) is 11.3 Å². The van der Waals surface area contributed by atoms with Crippen molar-refractivity contribution in [3.8, 4) is 0 Å². The van der Waals surface area contributed by atoms with Gasteiger partial charge in [0.05, 0.1) is 5.69 Å². The zero-order chi connectivity index (χ0) is 15.9. The molecule has 0 spiro atoms. The summed E-state index contributed by atoms with van der Waals surface area (Å²) in [4.78, 5) is 6.00. The Balaban J connectivity index is 1.65. The minimum absolute atomic E-state index is 0.762. The molecule has 0 amide bonds. The summed E-state index contributed by atoms with van der Waals surface area (Å²) in [6.07, 6.45) is 4.54. The van der Waals surface area contributed by atoms with E-state index in [1.54, 1.807) is 18.0 Å². The third kappa shape index (κ3) is 2.93. The summed E-state index contributed by atoms with van der Waals surface area (Å²) in [5.74, 6) is 0. The Morgan fingerprint density at radius 1 is 1.09 bits per heavy atom. The van der Waals surface area contributed by atoms with Crippen molar-refractivity contribution in [2.24, 2.45) is 0 Å². The number of aryl methyl sites for hydroxylation is 2. The second-order valence-corrected chi connectivity index (χ2v) is 10.1. The molecule has 2 aromatic carbocycles. The fourth-order valence-electron chi connectivity index (χ4n) is 3.07. The summed E-state index contributed by atoms with van der Waals surface area (Å²) in [6, 6.07) is 14.3. The molecule has 1 N–H and O–H groups in total. The molecule has 23 heavy (non-hydrogen) atoms. The largest absolute Gasteiger partial charge is 0.331 e. The number of rotatable bonds is 3. The van der Waals surface area contributed by atoms with Gasteiger partial charge in [-0.25, -0.2) is 4.98 Å². The number of nitrogens with one attached hydrogen (secondary N) is 1. The van der Waals surface area contributed by atoms with E-state index in [1.165, 1.54) is 28.8 Å². The number of nitrogens with zero attached hydrogens (tertiary/aromatic N) is 1. The molecule has 0 saturated heterocycles. The number of anilines is 1. The van der Waals surface area contributed by atoms with Crippen LogP contribution in [0.15, 0.2) is 42.5 Å². The summed E-state index contributed by atoms with van der Waals surface area (Å²) in [7, 11) is -2.69. The van der Waals surface area contributed by atoms with Crippen LogP contribution in [0, 0.1) is 0 Å². The van der Waals surface area contributed by atoms with Crippen molar-refractivity contribution in [1.82, 2.24) is 4.98 Å². The van der Waals surface area contributed by atoms with Gasteiger partial charge in [0.1, 0.15) is 0 Å². The van der Waals surface area contributed by atoms with Crippen LogP contribution in [0.4, 0.5) is 5.69 Å². The summed E-state index contributed by atoms with van der Waals surface area (Å²) < 4.78 is 13.9. The Morgan fingerprint density at radius 3 is 2.70 bits per heavy atom. The molecule has 1 aliphatic rings. The Kier molecular flexibility index (Phi) is 3.74. The molecule has 3 nitrogen and oxygen atoms in total. The molecule has 4 rings (SSSR count). The Labute approximate surface area is 140 Å². The molecule has 3 aromatic rings. The van der Waals surface area contributed by atoms with Crippen LogP contribution in [0.3, 0.4) is 0 Å². The lowest BCUT2D eigenvalue weighted by atomic mass is 10.0. The van der Waals surface area contributed by atoms with Gasteiger partial charge in [0.2, 0.25) is 7.29 Å². The first-order valence-electron chi connectivity index (χ1n) is 7.95. The molecule has 1 heterocycles. The molecular weight excluding hydrogens is 323 g/mol. The van der Waals surface area contributed by atoms with Crippen LogP contribution in [0.5, 0.6) is 0 Å². The predicted octanol–water partition coefficient (Wildman–Crippen LogP) is 4.82. The second-order valence-electron chi connectivity index (χ2n) is 6.17. The van der Waals surface area contributed by atoms with E-state index < -0.39 is 7.29 Å². The molecular formula is C18H19N2OPS. The third-order valence-corrected chi connectivity index (χ3v) is 8.09. The lowest BCUT2D eigenvalue weighted by Crippen LogP contribution is -2.10. The number of fused-ring (bicyclic) bond motifs is 2.